The molecule has 0 aliphatic rings. The van der Waals surface area contributed by atoms with Crippen LogP contribution in [0.5, 0.6) is 5.75 Å². The summed E-state index contributed by atoms with van der Waals surface area (Å²) in [4.78, 5) is 25.8. The van der Waals surface area contributed by atoms with Crippen LogP contribution >= 0.6 is 0 Å². The molecule has 0 radical (unpaired) electrons. The Morgan fingerprint density at radius 1 is 1.19 bits per heavy atom. The van der Waals surface area contributed by atoms with Crippen LogP contribution in [-0.4, -0.2) is 22.2 Å². The molecule has 7 nitrogen and oxygen atoms in total. The lowest BCUT2D eigenvalue weighted by atomic mass is 10.2. The molecule has 2 aromatic carbocycles. The van der Waals surface area contributed by atoms with Crippen LogP contribution in [0.3, 0.4) is 0 Å². The third-order valence-corrected chi connectivity index (χ3v) is 2.56. The zero-order valence-electron chi connectivity index (χ0n) is 10.8. The Kier molecular flexibility index (Phi) is 4.25. The minimum absolute atomic E-state index is 0.0627. The number of anilines is 1. The summed E-state index contributed by atoms with van der Waals surface area (Å²) in [5.74, 6) is -0.695. The number of nitrogens with one attached hydrogen (secondary N) is 1. The van der Waals surface area contributed by atoms with Crippen molar-refractivity contribution in [1.29, 1.82) is 0 Å². The van der Waals surface area contributed by atoms with Gasteiger partial charge in [-0.2, -0.15) is 0 Å². The first-order valence-electron chi connectivity index (χ1n) is 5.94. The lowest BCUT2D eigenvalue weighted by molar-refractivity contribution is -0.383. The molecule has 0 aliphatic heterocycles. The number of aliphatic imine (C=N–C) groups is 1. The van der Waals surface area contributed by atoms with Gasteiger partial charge in [0, 0.05) is 6.07 Å². The molecule has 0 spiro atoms. The zero-order valence-corrected chi connectivity index (χ0v) is 10.8. The van der Waals surface area contributed by atoms with Crippen molar-refractivity contribution in [1.82, 2.24) is 0 Å². The van der Waals surface area contributed by atoms with Crippen molar-refractivity contribution in [2.24, 2.45) is 4.99 Å². The quantitative estimate of drug-likeness (QED) is 0.511. The molecule has 1 amide bonds. The van der Waals surface area contributed by atoms with E-state index in [9.17, 15) is 20.0 Å². The smallest absolute Gasteiger partial charge is 0.292 e. The van der Waals surface area contributed by atoms with E-state index < -0.39 is 10.8 Å². The molecule has 0 aromatic heterocycles. The molecule has 106 valence electrons. The Hall–Kier alpha value is -3.22. The van der Waals surface area contributed by atoms with Crippen molar-refractivity contribution in [2.75, 3.05) is 5.32 Å². The van der Waals surface area contributed by atoms with Crippen molar-refractivity contribution >= 4 is 29.2 Å². The largest absolute Gasteiger partial charge is 0.506 e. The molecule has 7 heteroatoms. The molecule has 21 heavy (non-hydrogen) atoms. The predicted octanol–water partition coefficient (Wildman–Crippen LogP) is 2.64. The molecule has 0 fully saturated rings. The van der Waals surface area contributed by atoms with Crippen LogP contribution in [0, 0.1) is 10.1 Å². The zero-order chi connectivity index (χ0) is 15.2. The number of nitro benzene ring substituents is 1. The highest BCUT2D eigenvalue weighted by Gasteiger charge is 2.13. The number of phenols is 1. The van der Waals surface area contributed by atoms with E-state index in [0.717, 1.165) is 6.21 Å². The van der Waals surface area contributed by atoms with Gasteiger partial charge in [0.2, 0.25) is 0 Å². The summed E-state index contributed by atoms with van der Waals surface area (Å²) in [6.45, 7) is 0. The van der Waals surface area contributed by atoms with E-state index in [1.54, 1.807) is 18.2 Å². The van der Waals surface area contributed by atoms with Gasteiger partial charge >= 0.3 is 0 Å². The molecule has 0 saturated heterocycles. The minimum Gasteiger partial charge on any atom is -0.506 e. The molecule has 0 saturated carbocycles. The van der Waals surface area contributed by atoms with E-state index in [1.807, 2.05) is 0 Å². The number of amides is 1. The van der Waals surface area contributed by atoms with Crippen molar-refractivity contribution in [3.05, 3.63) is 58.6 Å². The molecule has 2 rings (SSSR count). The number of benzene rings is 2. The van der Waals surface area contributed by atoms with Crippen LogP contribution < -0.4 is 5.32 Å². The van der Waals surface area contributed by atoms with Gasteiger partial charge in [-0.05, 0) is 18.2 Å². The number of phenolic OH excluding ortho intramolecular Hbond substituents is 1. The van der Waals surface area contributed by atoms with Crippen LogP contribution in [0.25, 0.3) is 0 Å². The van der Waals surface area contributed by atoms with Gasteiger partial charge < -0.3 is 10.4 Å². The van der Waals surface area contributed by atoms with Crippen LogP contribution in [0.4, 0.5) is 17.1 Å². The van der Waals surface area contributed by atoms with Gasteiger partial charge in [0.05, 0.1) is 11.1 Å². The van der Waals surface area contributed by atoms with E-state index in [-0.39, 0.29) is 22.8 Å². The molecule has 0 bridgehead atoms. The second kappa shape index (κ2) is 6.29. The average Bonchev–Trinajstić information content (AvgIpc) is 2.47. The highest BCUT2D eigenvalue weighted by Crippen LogP contribution is 2.25. The SMILES string of the molecule is O=C(C=Nc1ccccc1O)Nc1ccccc1[N+](=O)[O-]. The summed E-state index contributed by atoms with van der Waals surface area (Å²) in [6, 6.07) is 12.0. The summed E-state index contributed by atoms with van der Waals surface area (Å²) in [5.41, 5.74) is 0.105. The van der Waals surface area contributed by atoms with Gasteiger partial charge in [-0.15, -0.1) is 0 Å². The molecule has 0 heterocycles. The summed E-state index contributed by atoms with van der Waals surface area (Å²) in [6.07, 6.45) is 0.950. The maximum absolute atomic E-state index is 11.7. The maximum atomic E-state index is 11.7. The van der Waals surface area contributed by atoms with Gasteiger partial charge in [-0.3, -0.25) is 14.9 Å². The number of carbonyl (C=O) groups excluding carboxylic acids is 1. The molecule has 2 N–H and O–H groups in total. The van der Waals surface area contributed by atoms with Crippen LogP contribution in [-0.2, 0) is 4.79 Å². The number of carbonyl (C=O) groups is 1. The highest BCUT2D eigenvalue weighted by molar-refractivity contribution is 6.32. The molecule has 0 unspecified atom stereocenters. The number of nitro groups is 1. The lowest BCUT2D eigenvalue weighted by Gasteiger charge is -2.02. The number of aromatic hydroxyl groups is 1. The standard InChI is InChI=1S/C14H11N3O4/c18-13-8-4-2-6-11(13)15-9-14(19)16-10-5-1-3-7-12(10)17(20)21/h1-9,18H,(H,16,19). The van der Waals surface area contributed by atoms with Crippen molar-refractivity contribution in [3.63, 3.8) is 0 Å². The lowest BCUT2D eigenvalue weighted by Crippen LogP contribution is -2.13. The fraction of sp³-hybridized carbons (Fsp3) is 0. The van der Waals surface area contributed by atoms with Crippen molar-refractivity contribution < 1.29 is 14.8 Å². The first-order chi connectivity index (χ1) is 10.1. The highest BCUT2D eigenvalue weighted by atomic mass is 16.6. The first-order valence-corrected chi connectivity index (χ1v) is 5.94. The van der Waals surface area contributed by atoms with E-state index in [0.29, 0.717) is 0 Å². The molecule has 0 atom stereocenters. The van der Waals surface area contributed by atoms with Crippen LogP contribution in [0.15, 0.2) is 53.5 Å². The molecular weight excluding hydrogens is 274 g/mol. The maximum Gasteiger partial charge on any atom is 0.292 e. The monoisotopic (exact) mass is 285 g/mol. The topological polar surface area (TPSA) is 105 Å². The van der Waals surface area contributed by atoms with Gasteiger partial charge in [0.1, 0.15) is 17.1 Å². The summed E-state index contributed by atoms with van der Waals surface area (Å²) < 4.78 is 0. The van der Waals surface area contributed by atoms with Crippen LogP contribution in [0.2, 0.25) is 0 Å². The molecule has 2 aromatic rings. The Bertz CT molecular complexity index is 713. The Labute approximate surface area is 119 Å². The number of hydrogen-bond acceptors (Lipinski definition) is 5. The Morgan fingerprint density at radius 3 is 2.57 bits per heavy atom. The van der Waals surface area contributed by atoms with E-state index >= 15 is 0 Å². The number of rotatable bonds is 4. The van der Waals surface area contributed by atoms with Crippen molar-refractivity contribution in [3.8, 4) is 5.75 Å². The number of hydrogen-bond donors (Lipinski definition) is 2. The number of para-hydroxylation sites is 4. The van der Waals surface area contributed by atoms with Crippen LogP contribution in [0.1, 0.15) is 0 Å². The van der Waals surface area contributed by atoms with E-state index in [1.165, 1.54) is 30.3 Å². The van der Waals surface area contributed by atoms with Crippen molar-refractivity contribution in [2.45, 2.75) is 0 Å². The summed E-state index contributed by atoms with van der Waals surface area (Å²) in [5, 5.41) is 22.7. The van der Waals surface area contributed by atoms with Gasteiger partial charge in [0.25, 0.3) is 11.6 Å². The fourth-order valence-corrected chi connectivity index (χ4v) is 1.61. The third-order valence-electron chi connectivity index (χ3n) is 2.56. The molecular formula is C14H11N3O4. The third kappa shape index (κ3) is 3.63. The Balaban J connectivity index is 2.13. The minimum atomic E-state index is -0.632. The second-order valence-corrected chi connectivity index (χ2v) is 4.01. The van der Waals surface area contributed by atoms with E-state index in [2.05, 4.69) is 10.3 Å². The Morgan fingerprint density at radius 2 is 1.86 bits per heavy atom. The predicted molar refractivity (Wildman–Crippen MR) is 78.0 cm³/mol. The summed E-state index contributed by atoms with van der Waals surface area (Å²) in [7, 11) is 0. The van der Waals surface area contributed by atoms with Gasteiger partial charge in [0.15, 0.2) is 0 Å². The fourth-order valence-electron chi connectivity index (χ4n) is 1.61. The normalized spacial score (nSPS) is 10.5. The summed E-state index contributed by atoms with van der Waals surface area (Å²) >= 11 is 0. The van der Waals surface area contributed by atoms with Gasteiger partial charge in [-0.1, -0.05) is 24.3 Å². The molecule has 0 aliphatic carbocycles. The van der Waals surface area contributed by atoms with E-state index in [4.69, 9.17) is 0 Å². The second-order valence-electron chi connectivity index (χ2n) is 4.01. The first kappa shape index (κ1) is 14.2. The number of nitrogens with zero attached hydrogens (tertiary/aromatic N) is 2. The average molecular weight is 285 g/mol. The van der Waals surface area contributed by atoms with Gasteiger partial charge in [-0.25, -0.2) is 4.99 Å².